The quantitative estimate of drug-likeness (QED) is 0.859. The first kappa shape index (κ1) is 13.8. The summed E-state index contributed by atoms with van der Waals surface area (Å²) < 4.78 is 4.80. The summed E-state index contributed by atoms with van der Waals surface area (Å²) in [6.07, 6.45) is 6.06. The molecule has 6 heteroatoms. The van der Waals surface area contributed by atoms with E-state index in [-0.39, 0.29) is 24.4 Å². The minimum atomic E-state index is -0.342. The van der Waals surface area contributed by atoms with Gasteiger partial charge in [-0.2, -0.15) is 0 Å². The zero-order valence-corrected chi connectivity index (χ0v) is 11.0. The van der Waals surface area contributed by atoms with Gasteiger partial charge in [0.25, 0.3) is 5.91 Å². The van der Waals surface area contributed by atoms with Crippen molar-refractivity contribution in [1.29, 1.82) is 0 Å². The van der Waals surface area contributed by atoms with Crippen LogP contribution >= 0.6 is 0 Å². The molecule has 1 atom stereocenters. The van der Waals surface area contributed by atoms with Gasteiger partial charge < -0.3 is 15.1 Å². The summed E-state index contributed by atoms with van der Waals surface area (Å²) in [4.78, 5) is 27.3. The normalized spacial score (nSPS) is 11.7. The molecule has 20 heavy (non-hydrogen) atoms. The Hall–Kier alpha value is -2.63. The van der Waals surface area contributed by atoms with Crippen molar-refractivity contribution in [2.24, 2.45) is 0 Å². The van der Waals surface area contributed by atoms with Gasteiger partial charge in [-0.25, -0.2) is 0 Å². The van der Waals surface area contributed by atoms with Crippen LogP contribution in [0.25, 0.3) is 0 Å². The SMILES string of the molecule is CC(NC(=O)CNC(=O)c1ccoc1)c1ccncc1. The van der Waals surface area contributed by atoms with E-state index in [2.05, 4.69) is 15.6 Å². The Morgan fingerprint density at radius 1 is 1.30 bits per heavy atom. The molecule has 104 valence electrons. The second-order valence-electron chi connectivity index (χ2n) is 4.26. The molecule has 0 aliphatic rings. The molecule has 0 fully saturated rings. The molecule has 0 aromatic carbocycles. The first-order chi connectivity index (χ1) is 9.66. The smallest absolute Gasteiger partial charge is 0.254 e. The number of aromatic nitrogens is 1. The highest BCUT2D eigenvalue weighted by Crippen LogP contribution is 2.09. The average Bonchev–Trinajstić information content (AvgIpc) is 3.00. The number of carbonyl (C=O) groups excluding carboxylic acids is 2. The number of rotatable bonds is 5. The van der Waals surface area contributed by atoms with Crippen LogP contribution in [0.2, 0.25) is 0 Å². The van der Waals surface area contributed by atoms with Gasteiger partial charge in [-0.1, -0.05) is 0 Å². The first-order valence-corrected chi connectivity index (χ1v) is 6.16. The number of hydrogen-bond acceptors (Lipinski definition) is 4. The Morgan fingerprint density at radius 3 is 2.70 bits per heavy atom. The van der Waals surface area contributed by atoms with Crippen molar-refractivity contribution in [3.63, 3.8) is 0 Å². The third kappa shape index (κ3) is 3.68. The molecule has 2 N–H and O–H groups in total. The molecule has 0 aliphatic carbocycles. The van der Waals surface area contributed by atoms with Gasteiger partial charge in [0.15, 0.2) is 0 Å². The molecular formula is C14H15N3O3. The summed E-state index contributed by atoms with van der Waals surface area (Å²) in [6, 6.07) is 5.05. The predicted molar refractivity (Wildman–Crippen MR) is 71.8 cm³/mol. The lowest BCUT2D eigenvalue weighted by atomic mass is 10.1. The lowest BCUT2D eigenvalue weighted by Crippen LogP contribution is -2.37. The van der Waals surface area contributed by atoms with E-state index in [1.54, 1.807) is 12.4 Å². The molecule has 6 nitrogen and oxygen atoms in total. The molecule has 2 aromatic heterocycles. The Labute approximate surface area is 116 Å². The lowest BCUT2D eigenvalue weighted by Gasteiger charge is -2.14. The van der Waals surface area contributed by atoms with E-state index in [1.807, 2.05) is 19.1 Å². The van der Waals surface area contributed by atoms with Gasteiger partial charge in [0.2, 0.25) is 5.91 Å². The summed E-state index contributed by atoms with van der Waals surface area (Å²) in [7, 11) is 0. The number of hydrogen-bond donors (Lipinski definition) is 2. The molecule has 0 saturated carbocycles. The maximum absolute atomic E-state index is 11.7. The Kier molecular flexibility index (Phi) is 4.49. The van der Waals surface area contributed by atoms with E-state index in [0.717, 1.165) is 5.56 Å². The standard InChI is InChI=1S/C14H15N3O3/c1-10(11-2-5-15-6-3-11)17-13(18)8-16-14(19)12-4-7-20-9-12/h2-7,9-10H,8H2,1H3,(H,16,19)(H,17,18). The van der Waals surface area contributed by atoms with Crippen molar-refractivity contribution in [3.8, 4) is 0 Å². The lowest BCUT2D eigenvalue weighted by molar-refractivity contribution is -0.120. The van der Waals surface area contributed by atoms with Gasteiger partial charge in [0.05, 0.1) is 24.4 Å². The first-order valence-electron chi connectivity index (χ1n) is 6.16. The second-order valence-corrected chi connectivity index (χ2v) is 4.26. The Bertz CT molecular complexity index is 567. The van der Waals surface area contributed by atoms with Crippen molar-refractivity contribution >= 4 is 11.8 Å². The van der Waals surface area contributed by atoms with Crippen molar-refractivity contribution < 1.29 is 14.0 Å². The minimum Gasteiger partial charge on any atom is -0.472 e. The Balaban J connectivity index is 1.80. The number of amides is 2. The summed E-state index contributed by atoms with van der Waals surface area (Å²) in [5.41, 5.74) is 1.34. The highest BCUT2D eigenvalue weighted by atomic mass is 16.3. The van der Waals surface area contributed by atoms with Crippen molar-refractivity contribution in [2.75, 3.05) is 6.54 Å². The number of pyridine rings is 1. The molecule has 0 bridgehead atoms. The van der Waals surface area contributed by atoms with Crippen LogP contribution in [0.4, 0.5) is 0 Å². The fraction of sp³-hybridized carbons (Fsp3) is 0.214. The number of nitrogens with one attached hydrogen (secondary N) is 2. The van der Waals surface area contributed by atoms with E-state index in [4.69, 9.17) is 4.42 Å². The van der Waals surface area contributed by atoms with Gasteiger partial charge in [0, 0.05) is 12.4 Å². The van der Waals surface area contributed by atoms with Gasteiger partial charge in [-0.15, -0.1) is 0 Å². The average molecular weight is 273 g/mol. The van der Waals surface area contributed by atoms with Crippen LogP contribution in [0.3, 0.4) is 0 Å². The molecular weight excluding hydrogens is 258 g/mol. The fourth-order valence-corrected chi connectivity index (χ4v) is 1.68. The maximum Gasteiger partial charge on any atom is 0.254 e. The number of carbonyl (C=O) groups is 2. The molecule has 2 aromatic rings. The van der Waals surface area contributed by atoms with Crippen LogP contribution in [0.15, 0.2) is 47.5 Å². The van der Waals surface area contributed by atoms with Crippen LogP contribution in [0.5, 0.6) is 0 Å². The maximum atomic E-state index is 11.7. The number of nitrogens with zero attached hydrogens (tertiary/aromatic N) is 1. The Morgan fingerprint density at radius 2 is 2.05 bits per heavy atom. The van der Waals surface area contributed by atoms with Crippen molar-refractivity contribution in [3.05, 3.63) is 54.2 Å². The number of furan rings is 1. The summed E-state index contributed by atoms with van der Waals surface area (Å²) in [5, 5.41) is 5.31. The van der Waals surface area contributed by atoms with E-state index in [9.17, 15) is 9.59 Å². The molecule has 0 saturated heterocycles. The zero-order valence-electron chi connectivity index (χ0n) is 11.0. The third-order valence-corrected chi connectivity index (χ3v) is 2.78. The van der Waals surface area contributed by atoms with Crippen LogP contribution in [-0.2, 0) is 4.79 Å². The van der Waals surface area contributed by atoms with Crippen LogP contribution in [0, 0.1) is 0 Å². The van der Waals surface area contributed by atoms with Crippen molar-refractivity contribution in [2.45, 2.75) is 13.0 Å². The van der Waals surface area contributed by atoms with Gasteiger partial charge in [-0.05, 0) is 30.7 Å². The summed E-state index contributed by atoms with van der Waals surface area (Å²) >= 11 is 0. The topological polar surface area (TPSA) is 84.2 Å². The highest BCUT2D eigenvalue weighted by molar-refractivity contribution is 5.96. The van der Waals surface area contributed by atoms with Gasteiger partial charge in [-0.3, -0.25) is 14.6 Å². The predicted octanol–water partition coefficient (Wildman–Crippen LogP) is 1.28. The van der Waals surface area contributed by atoms with Gasteiger partial charge >= 0.3 is 0 Å². The van der Waals surface area contributed by atoms with Crippen LogP contribution in [-0.4, -0.2) is 23.3 Å². The molecule has 2 heterocycles. The fourth-order valence-electron chi connectivity index (χ4n) is 1.68. The van der Waals surface area contributed by atoms with E-state index in [0.29, 0.717) is 5.56 Å². The van der Waals surface area contributed by atoms with Crippen LogP contribution < -0.4 is 10.6 Å². The van der Waals surface area contributed by atoms with Crippen molar-refractivity contribution in [1.82, 2.24) is 15.6 Å². The second kappa shape index (κ2) is 6.51. The van der Waals surface area contributed by atoms with E-state index >= 15 is 0 Å². The summed E-state index contributed by atoms with van der Waals surface area (Å²) in [6.45, 7) is 1.78. The van der Waals surface area contributed by atoms with E-state index in [1.165, 1.54) is 18.6 Å². The minimum absolute atomic E-state index is 0.0839. The highest BCUT2D eigenvalue weighted by Gasteiger charge is 2.11. The third-order valence-electron chi connectivity index (χ3n) is 2.78. The molecule has 1 unspecified atom stereocenters. The largest absolute Gasteiger partial charge is 0.472 e. The zero-order chi connectivity index (χ0) is 14.4. The van der Waals surface area contributed by atoms with Crippen LogP contribution in [0.1, 0.15) is 28.9 Å². The van der Waals surface area contributed by atoms with E-state index < -0.39 is 0 Å². The van der Waals surface area contributed by atoms with Gasteiger partial charge in [0.1, 0.15) is 6.26 Å². The molecule has 0 aliphatic heterocycles. The molecule has 2 rings (SSSR count). The molecule has 0 spiro atoms. The monoisotopic (exact) mass is 273 g/mol. The summed E-state index contributed by atoms with van der Waals surface area (Å²) in [5.74, 6) is -0.600. The molecule has 0 radical (unpaired) electrons. The molecule has 2 amide bonds.